The van der Waals surface area contributed by atoms with Gasteiger partial charge in [0.25, 0.3) is 5.56 Å². The highest BCUT2D eigenvalue weighted by molar-refractivity contribution is 14.1. The Hall–Kier alpha value is -3.24. The van der Waals surface area contributed by atoms with Crippen LogP contribution in [0.1, 0.15) is 31.2 Å². The Morgan fingerprint density at radius 2 is 1.89 bits per heavy atom. The first-order valence-corrected chi connectivity index (χ1v) is 13.0. The Kier molecular flexibility index (Phi) is 6.57. The Bertz CT molecular complexity index is 1610. The van der Waals surface area contributed by atoms with Crippen LogP contribution in [-0.4, -0.2) is 17.1 Å². The van der Waals surface area contributed by atoms with Gasteiger partial charge in [0.1, 0.15) is 11.5 Å². The van der Waals surface area contributed by atoms with Gasteiger partial charge in [0.15, 0.2) is 4.80 Å². The molecule has 2 aromatic carbocycles. The summed E-state index contributed by atoms with van der Waals surface area (Å²) in [6, 6.07) is 20.6. The van der Waals surface area contributed by atoms with E-state index in [2.05, 4.69) is 27.6 Å². The summed E-state index contributed by atoms with van der Waals surface area (Å²) in [6.45, 7) is 3.77. The lowest BCUT2D eigenvalue weighted by molar-refractivity contribution is -0.139. The van der Waals surface area contributed by atoms with Crippen LogP contribution in [0, 0.1) is 3.57 Å². The van der Waals surface area contributed by atoms with Crippen LogP contribution in [0.15, 0.2) is 92.2 Å². The molecule has 35 heavy (non-hydrogen) atoms. The van der Waals surface area contributed by atoms with Crippen molar-refractivity contribution >= 4 is 46.0 Å². The maximum absolute atomic E-state index is 13.6. The highest BCUT2D eigenvalue weighted by Gasteiger charge is 2.33. The zero-order chi connectivity index (χ0) is 24.5. The fourth-order valence-electron chi connectivity index (χ4n) is 4.07. The molecule has 0 bridgehead atoms. The van der Waals surface area contributed by atoms with Crippen LogP contribution in [-0.2, 0) is 9.53 Å². The lowest BCUT2D eigenvalue weighted by Gasteiger charge is -2.24. The number of halogens is 1. The number of esters is 1. The molecule has 1 aliphatic heterocycles. The largest absolute Gasteiger partial charge is 0.463 e. The van der Waals surface area contributed by atoms with Crippen molar-refractivity contribution in [2.24, 2.45) is 4.99 Å². The Morgan fingerprint density at radius 3 is 2.60 bits per heavy atom. The van der Waals surface area contributed by atoms with E-state index in [0.29, 0.717) is 26.4 Å². The minimum Gasteiger partial charge on any atom is -0.463 e. The van der Waals surface area contributed by atoms with E-state index >= 15 is 0 Å². The van der Waals surface area contributed by atoms with Gasteiger partial charge in [0, 0.05) is 15.2 Å². The number of carbonyl (C=O) groups is 1. The molecule has 0 unspecified atom stereocenters. The summed E-state index contributed by atoms with van der Waals surface area (Å²) in [6.07, 6.45) is 1.73. The third-order valence-corrected chi connectivity index (χ3v) is 7.36. The molecule has 1 aliphatic rings. The van der Waals surface area contributed by atoms with Crippen LogP contribution in [0.5, 0.6) is 0 Å². The van der Waals surface area contributed by atoms with E-state index in [0.717, 1.165) is 20.5 Å². The molecule has 0 amide bonds. The van der Waals surface area contributed by atoms with Crippen molar-refractivity contribution < 1.29 is 13.9 Å². The lowest BCUT2D eigenvalue weighted by atomic mass is 9.96. The van der Waals surface area contributed by atoms with E-state index in [-0.39, 0.29) is 12.2 Å². The minimum atomic E-state index is -0.618. The van der Waals surface area contributed by atoms with Crippen LogP contribution in [0.25, 0.3) is 17.4 Å². The number of allylic oxidation sites excluding steroid dienone is 1. The zero-order valence-corrected chi connectivity index (χ0v) is 22.0. The van der Waals surface area contributed by atoms with Crippen LogP contribution >= 0.6 is 33.9 Å². The number of aromatic nitrogens is 1. The van der Waals surface area contributed by atoms with Gasteiger partial charge in [-0.3, -0.25) is 9.36 Å². The summed E-state index contributed by atoms with van der Waals surface area (Å²) in [7, 11) is 0. The van der Waals surface area contributed by atoms with Crippen LogP contribution in [0.2, 0.25) is 0 Å². The van der Waals surface area contributed by atoms with Crippen molar-refractivity contribution in [3.8, 4) is 11.3 Å². The standard InChI is InChI=1S/C27H21IN2O4S/c1-3-33-26(32)23-16(2)29-27-30(24(23)18-7-5-4-6-8-18)25(31)22(35-27)15-20-13-14-21(34-20)17-9-11-19(28)12-10-17/h4-15,24H,3H2,1-2H3/b22-15-/t24-/m0/s1. The van der Waals surface area contributed by atoms with Crippen molar-refractivity contribution in [3.05, 3.63) is 113 Å². The minimum absolute atomic E-state index is 0.232. The molecule has 4 aromatic rings. The highest BCUT2D eigenvalue weighted by Crippen LogP contribution is 2.30. The Balaban J connectivity index is 1.62. The summed E-state index contributed by atoms with van der Waals surface area (Å²) < 4.78 is 14.5. The van der Waals surface area contributed by atoms with Crippen molar-refractivity contribution in [1.29, 1.82) is 0 Å². The van der Waals surface area contributed by atoms with Gasteiger partial charge in [-0.05, 0) is 66.3 Å². The monoisotopic (exact) mass is 596 g/mol. The first-order valence-electron chi connectivity index (χ1n) is 11.1. The van der Waals surface area contributed by atoms with E-state index in [4.69, 9.17) is 9.15 Å². The van der Waals surface area contributed by atoms with Gasteiger partial charge in [-0.2, -0.15) is 0 Å². The Labute approximate surface area is 219 Å². The van der Waals surface area contributed by atoms with Gasteiger partial charge in [-0.15, -0.1) is 0 Å². The number of hydrogen-bond donors (Lipinski definition) is 0. The van der Waals surface area contributed by atoms with Gasteiger partial charge in [-0.25, -0.2) is 9.79 Å². The number of fused-ring (bicyclic) bond motifs is 1. The lowest BCUT2D eigenvalue weighted by Crippen LogP contribution is -2.39. The molecule has 6 nitrogen and oxygen atoms in total. The molecule has 5 rings (SSSR count). The Morgan fingerprint density at radius 1 is 1.14 bits per heavy atom. The third-order valence-electron chi connectivity index (χ3n) is 5.66. The number of rotatable bonds is 5. The van der Waals surface area contributed by atoms with Crippen LogP contribution < -0.4 is 14.9 Å². The SMILES string of the molecule is CCOC(=O)C1=C(C)N=c2s/c(=C\c3ccc(-c4ccc(I)cc4)o3)c(=O)n2[C@H]1c1ccccc1. The second kappa shape index (κ2) is 9.79. The van der Waals surface area contributed by atoms with E-state index in [1.807, 2.05) is 66.7 Å². The molecule has 0 radical (unpaired) electrons. The third kappa shape index (κ3) is 4.55. The zero-order valence-electron chi connectivity index (χ0n) is 19.0. The average molecular weight is 596 g/mol. The molecule has 0 spiro atoms. The molecular weight excluding hydrogens is 575 g/mol. The number of hydrogen-bond acceptors (Lipinski definition) is 6. The molecule has 8 heteroatoms. The fraction of sp³-hybridized carbons (Fsp3) is 0.148. The molecular formula is C27H21IN2O4S. The topological polar surface area (TPSA) is 73.8 Å². The summed E-state index contributed by atoms with van der Waals surface area (Å²) in [5.41, 5.74) is 2.46. The summed E-state index contributed by atoms with van der Waals surface area (Å²) >= 11 is 3.53. The van der Waals surface area contributed by atoms with E-state index in [1.165, 1.54) is 11.3 Å². The van der Waals surface area contributed by atoms with Gasteiger partial charge >= 0.3 is 5.97 Å². The quantitative estimate of drug-likeness (QED) is 0.248. The van der Waals surface area contributed by atoms with E-state index in [9.17, 15) is 9.59 Å². The van der Waals surface area contributed by atoms with Crippen LogP contribution in [0.3, 0.4) is 0 Å². The molecule has 0 fully saturated rings. The normalized spacial score (nSPS) is 15.6. The average Bonchev–Trinajstić information content (AvgIpc) is 3.44. The highest BCUT2D eigenvalue weighted by atomic mass is 127. The maximum atomic E-state index is 13.6. The second-order valence-corrected chi connectivity index (χ2v) is 10.2. The predicted octanol–water partition coefficient (Wildman–Crippen LogP) is 4.66. The first kappa shape index (κ1) is 23.5. The van der Waals surface area contributed by atoms with Crippen molar-refractivity contribution in [2.45, 2.75) is 19.9 Å². The summed E-state index contributed by atoms with van der Waals surface area (Å²) in [5.74, 6) is 0.828. The van der Waals surface area contributed by atoms with Gasteiger partial charge < -0.3 is 9.15 Å². The second-order valence-electron chi connectivity index (χ2n) is 7.92. The van der Waals surface area contributed by atoms with Crippen molar-refractivity contribution in [1.82, 2.24) is 4.57 Å². The number of ether oxygens (including phenoxy) is 1. The molecule has 0 saturated heterocycles. The molecule has 0 aliphatic carbocycles. The summed E-state index contributed by atoms with van der Waals surface area (Å²) in [5, 5.41) is 0. The molecule has 2 aromatic heterocycles. The number of furan rings is 1. The van der Waals surface area contributed by atoms with Crippen molar-refractivity contribution in [2.75, 3.05) is 6.61 Å². The molecule has 0 N–H and O–H groups in total. The van der Waals surface area contributed by atoms with Gasteiger partial charge in [0.05, 0.1) is 28.5 Å². The molecule has 0 saturated carbocycles. The van der Waals surface area contributed by atoms with Gasteiger partial charge in [0.2, 0.25) is 0 Å². The smallest absolute Gasteiger partial charge is 0.338 e. The summed E-state index contributed by atoms with van der Waals surface area (Å²) in [4.78, 5) is 31.6. The maximum Gasteiger partial charge on any atom is 0.338 e. The number of carbonyl (C=O) groups excluding carboxylic acids is 1. The number of thiazole rings is 1. The molecule has 1 atom stereocenters. The number of benzene rings is 2. The van der Waals surface area contributed by atoms with Crippen LogP contribution in [0.4, 0.5) is 0 Å². The molecule has 176 valence electrons. The fourth-order valence-corrected chi connectivity index (χ4v) is 5.46. The first-order chi connectivity index (χ1) is 17.0. The van der Waals surface area contributed by atoms with E-state index < -0.39 is 12.0 Å². The molecule has 3 heterocycles. The number of nitrogens with zero attached hydrogens (tertiary/aromatic N) is 2. The van der Waals surface area contributed by atoms with Crippen molar-refractivity contribution in [3.63, 3.8) is 0 Å². The van der Waals surface area contributed by atoms with E-state index in [1.54, 1.807) is 24.5 Å². The predicted molar refractivity (Wildman–Crippen MR) is 144 cm³/mol. The van der Waals surface area contributed by atoms with Gasteiger partial charge in [-0.1, -0.05) is 53.8 Å².